The molecule has 0 spiro atoms. The summed E-state index contributed by atoms with van der Waals surface area (Å²) in [5.74, 6) is 0.676. The lowest BCUT2D eigenvalue weighted by atomic mass is 10.2. The van der Waals surface area contributed by atoms with Crippen molar-refractivity contribution in [2.24, 2.45) is 0 Å². The minimum Gasteiger partial charge on any atom is -0.407 e. The van der Waals surface area contributed by atoms with Gasteiger partial charge in [0.25, 0.3) is 0 Å². The number of halogens is 1. The van der Waals surface area contributed by atoms with Crippen LogP contribution >= 0.6 is 11.6 Å². The largest absolute Gasteiger partial charge is 0.407 e. The molecule has 17 heavy (non-hydrogen) atoms. The van der Waals surface area contributed by atoms with Crippen LogP contribution in [0.15, 0.2) is 28.9 Å². The number of hydrogen-bond donors (Lipinski definition) is 0. The molecule has 0 aliphatic carbocycles. The fourth-order valence-electron chi connectivity index (χ4n) is 1.45. The van der Waals surface area contributed by atoms with Crippen molar-refractivity contribution in [2.45, 2.75) is 19.3 Å². The van der Waals surface area contributed by atoms with Gasteiger partial charge in [0.2, 0.25) is 5.89 Å². The molecule has 0 atom stereocenters. The Bertz CT molecular complexity index is 460. The van der Waals surface area contributed by atoms with Crippen LogP contribution in [0.5, 0.6) is 0 Å². The molecule has 5 nitrogen and oxygen atoms in total. The van der Waals surface area contributed by atoms with E-state index in [2.05, 4.69) is 15.2 Å². The quantitative estimate of drug-likeness (QED) is 0.764. The van der Waals surface area contributed by atoms with Gasteiger partial charge < -0.3 is 9.32 Å². The average Bonchev–Trinajstić information content (AvgIpc) is 2.86. The van der Waals surface area contributed by atoms with Crippen LogP contribution in [0.2, 0.25) is 0 Å². The molecule has 0 saturated heterocycles. The number of aromatic nitrogens is 3. The summed E-state index contributed by atoms with van der Waals surface area (Å²) < 4.78 is 5.41. The Balaban J connectivity index is 2.11. The monoisotopic (exact) mass is 252 g/mol. The zero-order chi connectivity index (χ0) is 12.1. The highest BCUT2D eigenvalue weighted by Gasteiger charge is 2.12. The van der Waals surface area contributed by atoms with Crippen LogP contribution < -0.4 is 4.90 Å². The van der Waals surface area contributed by atoms with Gasteiger partial charge >= 0.3 is 6.01 Å². The zero-order valence-electron chi connectivity index (χ0n) is 9.51. The molecule has 0 bridgehead atoms. The first kappa shape index (κ1) is 11.9. The molecule has 0 aliphatic heterocycles. The van der Waals surface area contributed by atoms with Gasteiger partial charge in [-0.1, -0.05) is 5.10 Å². The van der Waals surface area contributed by atoms with Gasteiger partial charge in [0.15, 0.2) is 0 Å². The summed E-state index contributed by atoms with van der Waals surface area (Å²) in [6, 6.07) is 4.42. The summed E-state index contributed by atoms with van der Waals surface area (Å²) in [6.45, 7) is 3.53. The van der Waals surface area contributed by atoms with Gasteiger partial charge in [0, 0.05) is 25.5 Å². The molecule has 0 unspecified atom stereocenters. The summed E-state index contributed by atoms with van der Waals surface area (Å²) >= 11 is 5.63. The molecule has 2 aromatic heterocycles. The Hall–Kier alpha value is -1.62. The van der Waals surface area contributed by atoms with E-state index in [9.17, 15) is 0 Å². The SMILES string of the molecule is CCN(Cc1ccncc1)c1nnc(CCl)o1. The summed E-state index contributed by atoms with van der Waals surface area (Å²) in [4.78, 5) is 5.97. The van der Waals surface area contributed by atoms with E-state index in [0.29, 0.717) is 18.5 Å². The normalized spacial score (nSPS) is 10.5. The summed E-state index contributed by atoms with van der Waals surface area (Å²) in [5, 5.41) is 7.81. The van der Waals surface area contributed by atoms with Crippen molar-refractivity contribution in [3.05, 3.63) is 36.0 Å². The number of alkyl halides is 1. The van der Waals surface area contributed by atoms with Crippen LogP contribution in [0.1, 0.15) is 18.4 Å². The van der Waals surface area contributed by atoms with Crippen molar-refractivity contribution in [1.82, 2.24) is 15.2 Å². The van der Waals surface area contributed by atoms with Crippen LogP contribution in [0.4, 0.5) is 6.01 Å². The van der Waals surface area contributed by atoms with Gasteiger partial charge in [-0.05, 0) is 24.6 Å². The summed E-state index contributed by atoms with van der Waals surface area (Å²) in [7, 11) is 0. The van der Waals surface area contributed by atoms with Crippen LogP contribution in [0.25, 0.3) is 0 Å². The minimum atomic E-state index is 0.236. The Kier molecular flexibility index (Phi) is 3.93. The lowest BCUT2D eigenvalue weighted by Crippen LogP contribution is -2.22. The molecule has 6 heteroatoms. The third-order valence-electron chi connectivity index (χ3n) is 2.35. The highest BCUT2D eigenvalue weighted by molar-refractivity contribution is 6.16. The van der Waals surface area contributed by atoms with E-state index in [-0.39, 0.29) is 5.88 Å². The maximum absolute atomic E-state index is 5.63. The van der Waals surface area contributed by atoms with Crippen LogP contribution in [0.3, 0.4) is 0 Å². The molecule has 2 rings (SSSR count). The Labute approximate surface area is 104 Å². The van der Waals surface area contributed by atoms with Crippen LogP contribution in [-0.2, 0) is 12.4 Å². The molecular formula is C11H13ClN4O. The third kappa shape index (κ3) is 2.94. The third-order valence-corrected chi connectivity index (χ3v) is 2.57. The highest BCUT2D eigenvalue weighted by atomic mass is 35.5. The first-order valence-corrected chi connectivity index (χ1v) is 5.89. The highest BCUT2D eigenvalue weighted by Crippen LogP contribution is 2.15. The van der Waals surface area contributed by atoms with E-state index in [1.807, 2.05) is 24.0 Å². The molecule has 0 fully saturated rings. The van der Waals surface area contributed by atoms with Crippen molar-refractivity contribution in [3.63, 3.8) is 0 Å². The Morgan fingerprint density at radius 2 is 2.06 bits per heavy atom. The Morgan fingerprint density at radius 1 is 1.29 bits per heavy atom. The second-order valence-corrected chi connectivity index (χ2v) is 3.75. The van der Waals surface area contributed by atoms with Gasteiger partial charge in [-0.15, -0.1) is 16.7 Å². The number of rotatable bonds is 5. The van der Waals surface area contributed by atoms with Gasteiger partial charge in [0.1, 0.15) is 5.88 Å². The first-order valence-electron chi connectivity index (χ1n) is 5.35. The molecule has 90 valence electrons. The standard InChI is InChI=1S/C11H13ClN4O/c1-2-16(8-9-3-5-13-6-4-9)11-15-14-10(7-12)17-11/h3-6H,2,7-8H2,1H3. The molecule has 0 N–H and O–H groups in total. The van der Waals surface area contributed by atoms with Gasteiger partial charge in [0.05, 0.1) is 0 Å². The first-order chi connectivity index (χ1) is 8.33. The Morgan fingerprint density at radius 3 is 2.65 bits per heavy atom. The minimum absolute atomic E-state index is 0.236. The molecule has 2 aromatic rings. The van der Waals surface area contributed by atoms with Crippen LogP contribution in [0, 0.1) is 0 Å². The fourth-order valence-corrected chi connectivity index (χ4v) is 1.56. The molecule has 0 amide bonds. The number of hydrogen-bond acceptors (Lipinski definition) is 5. The smallest absolute Gasteiger partial charge is 0.318 e. The molecule has 2 heterocycles. The van der Waals surface area contributed by atoms with E-state index in [4.69, 9.17) is 16.0 Å². The lowest BCUT2D eigenvalue weighted by Gasteiger charge is -2.17. The van der Waals surface area contributed by atoms with E-state index in [1.54, 1.807) is 12.4 Å². The predicted octanol–water partition coefficient (Wildman–Crippen LogP) is 2.23. The van der Waals surface area contributed by atoms with Gasteiger partial charge in [-0.3, -0.25) is 4.98 Å². The summed E-state index contributed by atoms with van der Waals surface area (Å²) in [5.41, 5.74) is 1.15. The fraction of sp³-hybridized carbons (Fsp3) is 0.364. The topological polar surface area (TPSA) is 55.1 Å². The lowest BCUT2D eigenvalue weighted by molar-refractivity contribution is 0.500. The van der Waals surface area contributed by atoms with Crippen molar-refractivity contribution >= 4 is 17.6 Å². The number of nitrogens with zero attached hydrogens (tertiary/aromatic N) is 4. The maximum Gasteiger partial charge on any atom is 0.318 e. The van der Waals surface area contributed by atoms with E-state index in [0.717, 1.165) is 12.1 Å². The number of anilines is 1. The zero-order valence-corrected chi connectivity index (χ0v) is 10.3. The molecular weight excluding hydrogens is 240 g/mol. The average molecular weight is 253 g/mol. The van der Waals surface area contributed by atoms with Crippen LogP contribution in [-0.4, -0.2) is 21.7 Å². The molecule has 0 aromatic carbocycles. The second kappa shape index (κ2) is 5.63. The van der Waals surface area contributed by atoms with Gasteiger partial charge in [-0.2, -0.15) is 0 Å². The number of pyridine rings is 1. The van der Waals surface area contributed by atoms with E-state index in [1.165, 1.54) is 0 Å². The van der Waals surface area contributed by atoms with Gasteiger partial charge in [-0.25, -0.2) is 0 Å². The van der Waals surface area contributed by atoms with E-state index >= 15 is 0 Å². The molecule has 0 aliphatic rings. The van der Waals surface area contributed by atoms with Crippen molar-refractivity contribution in [1.29, 1.82) is 0 Å². The second-order valence-electron chi connectivity index (χ2n) is 3.48. The maximum atomic E-state index is 5.63. The molecule has 0 radical (unpaired) electrons. The van der Waals surface area contributed by atoms with Crippen molar-refractivity contribution in [2.75, 3.05) is 11.4 Å². The van der Waals surface area contributed by atoms with Crippen molar-refractivity contribution < 1.29 is 4.42 Å². The van der Waals surface area contributed by atoms with Crippen molar-refractivity contribution in [3.8, 4) is 0 Å². The molecule has 0 saturated carbocycles. The van der Waals surface area contributed by atoms with E-state index < -0.39 is 0 Å². The predicted molar refractivity (Wildman–Crippen MR) is 64.8 cm³/mol. The summed E-state index contributed by atoms with van der Waals surface area (Å²) in [6.07, 6.45) is 3.53.